The van der Waals surface area contributed by atoms with E-state index in [9.17, 15) is 9.18 Å². The molecule has 2 aromatic carbocycles. The number of rotatable bonds is 5. The highest BCUT2D eigenvalue weighted by Gasteiger charge is 2.35. The SMILES string of the molecule is O=C(/C=C/c1cc(Br)ccc1F)NCC1(c2ccc3c(c2)OCO3)CCOCC1. The van der Waals surface area contributed by atoms with Crippen LogP contribution in [0.5, 0.6) is 11.5 Å². The van der Waals surface area contributed by atoms with Crippen molar-refractivity contribution in [1.82, 2.24) is 5.32 Å². The second-order valence-corrected chi connectivity index (χ2v) is 8.09. The predicted molar refractivity (Wildman–Crippen MR) is 110 cm³/mol. The minimum atomic E-state index is -0.376. The fraction of sp³-hybridized carbons (Fsp3) is 0.318. The molecule has 7 heteroatoms. The topological polar surface area (TPSA) is 56.8 Å². The van der Waals surface area contributed by atoms with E-state index in [4.69, 9.17) is 14.2 Å². The van der Waals surface area contributed by atoms with Gasteiger partial charge in [-0.15, -0.1) is 0 Å². The molecule has 1 amide bonds. The van der Waals surface area contributed by atoms with Gasteiger partial charge in [-0.25, -0.2) is 4.39 Å². The maximum atomic E-state index is 13.8. The number of carbonyl (C=O) groups is 1. The van der Waals surface area contributed by atoms with Gasteiger partial charge in [0, 0.05) is 41.3 Å². The summed E-state index contributed by atoms with van der Waals surface area (Å²) in [7, 11) is 0. The summed E-state index contributed by atoms with van der Waals surface area (Å²) in [5.74, 6) is 0.818. The quantitative estimate of drug-likeness (QED) is 0.678. The largest absolute Gasteiger partial charge is 0.454 e. The molecule has 0 aliphatic carbocycles. The highest BCUT2D eigenvalue weighted by molar-refractivity contribution is 9.10. The third-order valence-electron chi connectivity index (χ3n) is 5.41. The Morgan fingerprint density at radius 2 is 1.93 bits per heavy atom. The van der Waals surface area contributed by atoms with Gasteiger partial charge in [-0.05, 0) is 54.8 Å². The summed E-state index contributed by atoms with van der Waals surface area (Å²) in [5, 5.41) is 2.98. The zero-order chi connectivity index (χ0) is 20.3. The number of amides is 1. The molecule has 0 atom stereocenters. The van der Waals surface area contributed by atoms with Crippen LogP contribution in [0.15, 0.2) is 46.9 Å². The van der Waals surface area contributed by atoms with E-state index < -0.39 is 0 Å². The van der Waals surface area contributed by atoms with Crippen LogP contribution < -0.4 is 14.8 Å². The van der Waals surface area contributed by atoms with Gasteiger partial charge in [-0.3, -0.25) is 4.79 Å². The summed E-state index contributed by atoms with van der Waals surface area (Å²) >= 11 is 3.31. The van der Waals surface area contributed by atoms with Crippen molar-refractivity contribution in [3.05, 3.63) is 63.9 Å². The van der Waals surface area contributed by atoms with E-state index in [2.05, 4.69) is 21.2 Å². The van der Waals surface area contributed by atoms with Crippen LogP contribution >= 0.6 is 15.9 Å². The van der Waals surface area contributed by atoms with Crippen LogP contribution in [0.3, 0.4) is 0 Å². The van der Waals surface area contributed by atoms with Crippen LogP contribution in [0.1, 0.15) is 24.0 Å². The smallest absolute Gasteiger partial charge is 0.244 e. The van der Waals surface area contributed by atoms with Crippen molar-refractivity contribution < 1.29 is 23.4 Å². The molecule has 1 fully saturated rings. The fourth-order valence-corrected chi connectivity index (χ4v) is 4.06. The number of halogens is 2. The van der Waals surface area contributed by atoms with E-state index in [0.29, 0.717) is 25.3 Å². The number of hydrogen-bond donors (Lipinski definition) is 1. The lowest BCUT2D eigenvalue weighted by Gasteiger charge is -2.38. The highest BCUT2D eigenvalue weighted by atomic mass is 79.9. The minimum absolute atomic E-state index is 0.225. The number of benzene rings is 2. The monoisotopic (exact) mass is 461 g/mol. The van der Waals surface area contributed by atoms with Crippen molar-refractivity contribution in [3.8, 4) is 11.5 Å². The molecule has 2 aliphatic heterocycles. The van der Waals surface area contributed by atoms with Crippen LogP contribution in [-0.2, 0) is 14.9 Å². The summed E-state index contributed by atoms with van der Waals surface area (Å²) in [6.45, 7) is 1.94. The van der Waals surface area contributed by atoms with Gasteiger partial charge in [0.15, 0.2) is 11.5 Å². The van der Waals surface area contributed by atoms with Gasteiger partial charge in [0.2, 0.25) is 12.7 Å². The van der Waals surface area contributed by atoms with E-state index in [1.54, 1.807) is 12.1 Å². The molecular weight excluding hydrogens is 441 g/mol. The number of nitrogens with one attached hydrogen (secondary N) is 1. The summed E-state index contributed by atoms with van der Waals surface area (Å²) in [5.41, 5.74) is 1.20. The normalized spacial score (nSPS) is 17.4. The first-order valence-electron chi connectivity index (χ1n) is 9.45. The van der Waals surface area contributed by atoms with Crippen LogP contribution in [0, 0.1) is 5.82 Å². The second-order valence-electron chi connectivity index (χ2n) is 7.18. The van der Waals surface area contributed by atoms with Crippen molar-refractivity contribution in [2.45, 2.75) is 18.3 Å². The molecule has 4 rings (SSSR count). The first-order valence-corrected chi connectivity index (χ1v) is 10.2. The lowest BCUT2D eigenvalue weighted by Crippen LogP contribution is -2.44. The Balaban J connectivity index is 1.48. The van der Waals surface area contributed by atoms with Crippen LogP contribution in [-0.4, -0.2) is 32.5 Å². The van der Waals surface area contributed by atoms with E-state index >= 15 is 0 Å². The van der Waals surface area contributed by atoms with Crippen molar-refractivity contribution >= 4 is 27.9 Å². The average molecular weight is 462 g/mol. The van der Waals surface area contributed by atoms with Crippen LogP contribution in [0.2, 0.25) is 0 Å². The van der Waals surface area contributed by atoms with Crippen LogP contribution in [0.4, 0.5) is 4.39 Å². The molecule has 0 unspecified atom stereocenters. The van der Waals surface area contributed by atoms with Gasteiger partial charge in [0.25, 0.3) is 0 Å². The van der Waals surface area contributed by atoms with E-state index in [0.717, 1.165) is 34.4 Å². The van der Waals surface area contributed by atoms with Gasteiger partial charge in [-0.2, -0.15) is 0 Å². The van der Waals surface area contributed by atoms with E-state index in [1.165, 1.54) is 18.2 Å². The third kappa shape index (κ3) is 4.46. The van der Waals surface area contributed by atoms with Gasteiger partial charge in [0.05, 0.1) is 0 Å². The van der Waals surface area contributed by atoms with Gasteiger partial charge >= 0.3 is 0 Å². The maximum Gasteiger partial charge on any atom is 0.244 e. The fourth-order valence-electron chi connectivity index (χ4n) is 3.68. The van der Waals surface area contributed by atoms with Crippen molar-refractivity contribution in [3.63, 3.8) is 0 Å². The number of fused-ring (bicyclic) bond motifs is 1. The Kier molecular flexibility index (Phi) is 5.87. The third-order valence-corrected chi connectivity index (χ3v) is 5.90. The zero-order valence-electron chi connectivity index (χ0n) is 15.8. The molecule has 0 bridgehead atoms. The van der Waals surface area contributed by atoms with Crippen LogP contribution in [0.25, 0.3) is 6.08 Å². The molecule has 2 heterocycles. The molecule has 2 aliphatic rings. The molecule has 1 saturated heterocycles. The number of carbonyl (C=O) groups excluding carboxylic acids is 1. The lowest BCUT2D eigenvalue weighted by molar-refractivity contribution is -0.116. The molecule has 29 heavy (non-hydrogen) atoms. The number of hydrogen-bond acceptors (Lipinski definition) is 4. The minimum Gasteiger partial charge on any atom is -0.454 e. The molecule has 1 N–H and O–H groups in total. The summed E-state index contributed by atoms with van der Waals surface area (Å²) in [4.78, 5) is 12.4. The Hall–Kier alpha value is -2.38. The van der Waals surface area contributed by atoms with E-state index in [1.807, 2.05) is 18.2 Å². The lowest BCUT2D eigenvalue weighted by atomic mass is 9.74. The number of ether oxygens (including phenoxy) is 3. The zero-order valence-corrected chi connectivity index (χ0v) is 17.3. The Bertz CT molecular complexity index is 940. The highest BCUT2D eigenvalue weighted by Crippen LogP contribution is 2.40. The molecule has 0 aromatic heterocycles. The first-order chi connectivity index (χ1) is 14.1. The van der Waals surface area contributed by atoms with Gasteiger partial charge in [-0.1, -0.05) is 22.0 Å². The Morgan fingerprint density at radius 1 is 1.14 bits per heavy atom. The summed E-state index contributed by atoms with van der Waals surface area (Å²) in [6, 6.07) is 10.5. The van der Waals surface area contributed by atoms with Crippen molar-refractivity contribution in [2.75, 3.05) is 26.6 Å². The van der Waals surface area contributed by atoms with Gasteiger partial charge < -0.3 is 19.5 Å². The van der Waals surface area contributed by atoms with Crippen molar-refractivity contribution in [1.29, 1.82) is 0 Å². The molecule has 2 aromatic rings. The Morgan fingerprint density at radius 3 is 2.76 bits per heavy atom. The average Bonchev–Trinajstić information content (AvgIpc) is 3.21. The van der Waals surface area contributed by atoms with Gasteiger partial charge in [0.1, 0.15) is 5.82 Å². The molecule has 5 nitrogen and oxygen atoms in total. The predicted octanol–water partition coefficient (Wildman–Crippen LogP) is 4.19. The second kappa shape index (κ2) is 8.55. The first kappa shape index (κ1) is 19.9. The summed E-state index contributed by atoms with van der Waals surface area (Å²) in [6.07, 6.45) is 4.41. The Labute approximate surface area is 177 Å². The van der Waals surface area contributed by atoms with E-state index in [-0.39, 0.29) is 23.9 Å². The maximum absolute atomic E-state index is 13.8. The molecule has 152 valence electrons. The summed E-state index contributed by atoms with van der Waals surface area (Å²) < 4.78 is 31.1. The molecule has 0 radical (unpaired) electrons. The van der Waals surface area contributed by atoms with Crippen molar-refractivity contribution in [2.24, 2.45) is 0 Å². The molecule has 0 spiro atoms. The molecular formula is C22H21BrFNO4. The molecule has 0 saturated carbocycles. The standard InChI is InChI=1S/C22H21BrFNO4/c23-17-3-4-18(24)15(11-17)1-6-21(26)25-13-22(7-9-27-10-8-22)16-2-5-19-20(12-16)29-14-28-19/h1-6,11-12H,7-10,13-14H2,(H,25,26)/b6-1+.